The fraction of sp³-hybridized carbons (Fsp3) is 0.188. The summed E-state index contributed by atoms with van der Waals surface area (Å²) >= 11 is 0. The van der Waals surface area contributed by atoms with Gasteiger partial charge in [-0.05, 0) is 38.1 Å². The first-order valence-corrected chi connectivity index (χ1v) is 5.73. The Balaban J connectivity index is 0.000000180. The highest BCUT2D eigenvalue weighted by Crippen LogP contribution is 2.09. The normalized spacial score (nSPS) is 8.78. The van der Waals surface area contributed by atoms with Crippen LogP contribution < -0.4 is 4.74 Å². The summed E-state index contributed by atoms with van der Waals surface area (Å²) in [6.07, 6.45) is 0. The van der Waals surface area contributed by atoms with E-state index in [1.807, 2.05) is 55.5 Å². The second-order valence-electron chi connectivity index (χ2n) is 4.00. The van der Waals surface area contributed by atoms with Gasteiger partial charge in [-0.1, -0.05) is 35.4 Å². The molecule has 0 aromatic heterocycles. The predicted molar refractivity (Wildman–Crippen MR) is 73.6 cm³/mol. The first kappa shape index (κ1) is 13.8. The first-order chi connectivity index (χ1) is 8.65. The molecule has 0 aliphatic rings. The Hall–Kier alpha value is -2.27. The van der Waals surface area contributed by atoms with E-state index in [2.05, 4.69) is 13.0 Å². The molecule has 92 valence electrons. The van der Waals surface area contributed by atoms with E-state index < -0.39 is 0 Å². The van der Waals surface area contributed by atoms with Crippen molar-refractivity contribution in [1.29, 1.82) is 5.26 Å². The summed E-state index contributed by atoms with van der Waals surface area (Å²) < 4.78 is 4.97. The SMILES string of the molecule is COc1ccc(C)cc1.Cc1ccc(C#N)cc1. The molecular formula is C16H17NO. The molecule has 0 fully saturated rings. The Kier molecular flexibility index (Phi) is 5.47. The lowest BCUT2D eigenvalue weighted by Gasteiger charge is -1.97. The Labute approximate surface area is 108 Å². The molecule has 0 saturated heterocycles. The van der Waals surface area contributed by atoms with E-state index in [4.69, 9.17) is 10.00 Å². The third-order valence-electron chi connectivity index (χ3n) is 2.44. The summed E-state index contributed by atoms with van der Waals surface area (Å²) in [7, 11) is 1.67. The van der Waals surface area contributed by atoms with Gasteiger partial charge in [-0.15, -0.1) is 0 Å². The molecule has 0 heterocycles. The van der Waals surface area contributed by atoms with Crippen molar-refractivity contribution in [3.05, 3.63) is 65.2 Å². The van der Waals surface area contributed by atoms with Crippen LogP contribution in [-0.4, -0.2) is 7.11 Å². The van der Waals surface area contributed by atoms with Crippen LogP contribution in [0, 0.1) is 25.2 Å². The van der Waals surface area contributed by atoms with E-state index in [9.17, 15) is 0 Å². The molecule has 18 heavy (non-hydrogen) atoms. The highest BCUT2D eigenvalue weighted by Gasteiger charge is 1.86. The number of nitriles is 1. The molecule has 2 nitrogen and oxygen atoms in total. The van der Waals surface area contributed by atoms with Gasteiger partial charge in [0.1, 0.15) is 5.75 Å². The van der Waals surface area contributed by atoms with Gasteiger partial charge in [-0.2, -0.15) is 5.26 Å². The summed E-state index contributed by atoms with van der Waals surface area (Å²) in [5.74, 6) is 0.917. The van der Waals surface area contributed by atoms with Gasteiger partial charge >= 0.3 is 0 Å². The average Bonchev–Trinajstić information content (AvgIpc) is 2.41. The molecule has 0 aliphatic carbocycles. The minimum atomic E-state index is 0.723. The molecule has 2 heteroatoms. The second kappa shape index (κ2) is 7.13. The molecule has 2 aromatic rings. The van der Waals surface area contributed by atoms with Crippen LogP contribution in [0.1, 0.15) is 16.7 Å². The van der Waals surface area contributed by atoms with Gasteiger partial charge in [0.05, 0.1) is 18.7 Å². The summed E-state index contributed by atoms with van der Waals surface area (Å²) in [5, 5.41) is 8.38. The quantitative estimate of drug-likeness (QED) is 0.756. The number of hydrogen-bond acceptors (Lipinski definition) is 2. The van der Waals surface area contributed by atoms with Crippen LogP contribution in [0.15, 0.2) is 48.5 Å². The van der Waals surface area contributed by atoms with Crippen molar-refractivity contribution in [2.75, 3.05) is 7.11 Å². The van der Waals surface area contributed by atoms with E-state index in [1.165, 1.54) is 11.1 Å². The van der Waals surface area contributed by atoms with Gasteiger partial charge in [0, 0.05) is 0 Å². The zero-order chi connectivity index (χ0) is 13.4. The smallest absolute Gasteiger partial charge is 0.118 e. The Morgan fingerprint density at radius 2 is 1.28 bits per heavy atom. The largest absolute Gasteiger partial charge is 0.497 e. The Morgan fingerprint density at radius 1 is 0.833 bits per heavy atom. The van der Waals surface area contributed by atoms with Crippen molar-refractivity contribution in [2.24, 2.45) is 0 Å². The number of benzene rings is 2. The van der Waals surface area contributed by atoms with Crippen molar-refractivity contribution in [2.45, 2.75) is 13.8 Å². The van der Waals surface area contributed by atoms with Crippen molar-refractivity contribution in [3.8, 4) is 11.8 Å². The standard InChI is InChI=1S/C8H7N.C8H10O/c1-7-2-4-8(6-9)5-3-7;1-7-3-5-8(9-2)6-4-7/h2-5H,1H3;3-6H,1-2H3. The predicted octanol–water partition coefficient (Wildman–Crippen LogP) is 3.87. The molecule has 0 aliphatic heterocycles. The molecule has 2 aromatic carbocycles. The Morgan fingerprint density at radius 3 is 1.67 bits per heavy atom. The summed E-state index contributed by atoms with van der Waals surface area (Å²) in [4.78, 5) is 0. The molecular weight excluding hydrogens is 222 g/mol. The van der Waals surface area contributed by atoms with Gasteiger partial charge in [0.15, 0.2) is 0 Å². The van der Waals surface area contributed by atoms with Gasteiger partial charge in [0.25, 0.3) is 0 Å². The summed E-state index contributed by atoms with van der Waals surface area (Å²) in [6, 6.07) is 17.5. The number of hydrogen-bond donors (Lipinski definition) is 0. The molecule has 0 saturated carbocycles. The lowest BCUT2D eigenvalue weighted by atomic mass is 10.2. The number of rotatable bonds is 1. The maximum absolute atomic E-state index is 8.38. The third kappa shape index (κ3) is 4.71. The van der Waals surface area contributed by atoms with E-state index in [1.54, 1.807) is 7.11 Å². The highest BCUT2D eigenvalue weighted by molar-refractivity contribution is 5.30. The topological polar surface area (TPSA) is 33.0 Å². The summed E-state index contributed by atoms with van der Waals surface area (Å²) in [5.41, 5.74) is 3.17. The van der Waals surface area contributed by atoms with Crippen molar-refractivity contribution < 1.29 is 4.74 Å². The van der Waals surface area contributed by atoms with E-state index in [0.29, 0.717) is 0 Å². The zero-order valence-electron chi connectivity index (χ0n) is 11.0. The number of ether oxygens (including phenoxy) is 1. The van der Waals surface area contributed by atoms with Crippen LogP contribution in [-0.2, 0) is 0 Å². The van der Waals surface area contributed by atoms with E-state index >= 15 is 0 Å². The summed E-state index contributed by atoms with van der Waals surface area (Å²) in [6.45, 7) is 4.06. The molecule has 0 N–H and O–H groups in total. The third-order valence-corrected chi connectivity index (χ3v) is 2.44. The zero-order valence-corrected chi connectivity index (χ0v) is 11.0. The van der Waals surface area contributed by atoms with Crippen LogP contribution >= 0.6 is 0 Å². The monoisotopic (exact) mass is 239 g/mol. The van der Waals surface area contributed by atoms with Crippen LogP contribution in [0.2, 0.25) is 0 Å². The van der Waals surface area contributed by atoms with Gasteiger partial charge in [-0.3, -0.25) is 0 Å². The maximum Gasteiger partial charge on any atom is 0.118 e. The molecule has 0 bridgehead atoms. The number of methoxy groups -OCH3 is 1. The number of aryl methyl sites for hydroxylation is 2. The molecule has 0 unspecified atom stereocenters. The Bertz CT molecular complexity index is 506. The van der Waals surface area contributed by atoms with Crippen LogP contribution in [0.25, 0.3) is 0 Å². The molecule has 2 rings (SSSR count). The van der Waals surface area contributed by atoms with Gasteiger partial charge in [-0.25, -0.2) is 0 Å². The van der Waals surface area contributed by atoms with Crippen molar-refractivity contribution in [1.82, 2.24) is 0 Å². The number of nitrogens with zero attached hydrogens (tertiary/aromatic N) is 1. The van der Waals surface area contributed by atoms with E-state index in [0.717, 1.165) is 11.3 Å². The minimum absolute atomic E-state index is 0.723. The van der Waals surface area contributed by atoms with Gasteiger partial charge < -0.3 is 4.74 Å². The van der Waals surface area contributed by atoms with Gasteiger partial charge in [0.2, 0.25) is 0 Å². The fourth-order valence-electron chi connectivity index (χ4n) is 1.30. The molecule has 0 atom stereocenters. The lowest BCUT2D eigenvalue weighted by molar-refractivity contribution is 0.414. The average molecular weight is 239 g/mol. The molecule has 0 radical (unpaired) electrons. The van der Waals surface area contributed by atoms with Crippen LogP contribution in [0.3, 0.4) is 0 Å². The fourth-order valence-corrected chi connectivity index (χ4v) is 1.30. The molecule has 0 spiro atoms. The van der Waals surface area contributed by atoms with Crippen LogP contribution in [0.4, 0.5) is 0 Å². The van der Waals surface area contributed by atoms with Crippen molar-refractivity contribution >= 4 is 0 Å². The van der Waals surface area contributed by atoms with Crippen molar-refractivity contribution in [3.63, 3.8) is 0 Å². The van der Waals surface area contributed by atoms with Crippen LogP contribution in [0.5, 0.6) is 5.75 Å². The minimum Gasteiger partial charge on any atom is -0.497 e. The maximum atomic E-state index is 8.38. The molecule has 0 amide bonds. The first-order valence-electron chi connectivity index (χ1n) is 5.73. The lowest BCUT2D eigenvalue weighted by Crippen LogP contribution is -1.80. The highest BCUT2D eigenvalue weighted by atomic mass is 16.5. The second-order valence-corrected chi connectivity index (χ2v) is 4.00. The van der Waals surface area contributed by atoms with E-state index in [-0.39, 0.29) is 0 Å².